The molecule has 1 amide bonds. The van der Waals surface area contributed by atoms with Crippen molar-refractivity contribution in [1.82, 2.24) is 4.98 Å². The van der Waals surface area contributed by atoms with Gasteiger partial charge in [-0.3, -0.25) is 4.79 Å². The molecule has 1 N–H and O–H groups in total. The van der Waals surface area contributed by atoms with Gasteiger partial charge in [0.25, 0.3) is 5.91 Å². The lowest BCUT2D eigenvalue weighted by Crippen LogP contribution is -2.24. The molecule has 0 aliphatic carbocycles. The molecular formula is C17H18ClN3O2. The smallest absolute Gasteiger partial charge is 0.259 e. The van der Waals surface area contributed by atoms with Crippen LogP contribution in [-0.2, 0) is 0 Å². The summed E-state index contributed by atoms with van der Waals surface area (Å²) in [6, 6.07) is 8.72. The SMILES string of the molecule is COc1ccc(NC(=O)c2cccnc2N2CCCC2)cc1Cl. The van der Waals surface area contributed by atoms with Gasteiger partial charge in [-0.25, -0.2) is 4.98 Å². The van der Waals surface area contributed by atoms with Crippen LogP contribution in [0.2, 0.25) is 5.02 Å². The predicted molar refractivity (Wildman–Crippen MR) is 91.6 cm³/mol. The molecular weight excluding hydrogens is 314 g/mol. The fraction of sp³-hybridized carbons (Fsp3) is 0.294. The standard InChI is InChI=1S/C17H18ClN3O2/c1-23-15-7-6-12(11-14(15)18)20-17(22)13-5-4-8-19-16(13)21-9-2-3-10-21/h4-8,11H,2-3,9-10H2,1H3,(H,20,22). The van der Waals surface area contributed by atoms with Crippen LogP contribution in [0, 0.1) is 0 Å². The van der Waals surface area contributed by atoms with Crippen LogP contribution >= 0.6 is 11.6 Å². The van der Waals surface area contributed by atoms with Gasteiger partial charge in [0.05, 0.1) is 17.7 Å². The summed E-state index contributed by atoms with van der Waals surface area (Å²) in [7, 11) is 1.55. The molecule has 0 bridgehead atoms. The summed E-state index contributed by atoms with van der Waals surface area (Å²) in [5, 5.41) is 3.32. The number of rotatable bonds is 4. The summed E-state index contributed by atoms with van der Waals surface area (Å²) in [5.74, 6) is 1.12. The molecule has 23 heavy (non-hydrogen) atoms. The number of carbonyl (C=O) groups excluding carboxylic acids is 1. The molecule has 1 aliphatic rings. The molecule has 2 heterocycles. The Balaban J connectivity index is 1.82. The summed E-state index contributed by atoms with van der Waals surface area (Å²) in [4.78, 5) is 19.1. The van der Waals surface area contributed by atoms with Crippen molar-refractivity contribution >= 4 is 29.0 Å². The summed E-state index contributed by atoms with van der Waals surface area (Å²) in [6.07, 6.45) is 3.98. The second kappa shape index (κ2) is 6.87. The predicted octanol–water partition coefficient (Wildman–Crippen LogP) is 3.60. The molecule has 120 valence electrons. The Morgan fingerprint density at radius 3 is 2.78 bits per heavy atom. The van der Waals surface area contributed by atoms with Crippen LogP contribution in [0.15, 0.2) is 36.5 Å². The zero-order valence-corrected chi connectivity index (χ0v) is 13.6. The molecule has 1 fully saturated rings. The van der Waals surface area contributed by atoms with E-state index in [0.717, 1.165) is 31.7 Å². The highest BCUT2D eigenvalue weighted by Crippen LogP contribution is 2.28. The molecule has 3 rings (SSSR count). The van der Waals surface area contributed by atoms with E-state index in [2.05, 4.69) is 15.2 Å². The number of carbonyl (C=O) groups is 1. The highest BCUT2D eigenvalue weighted by molar-refractivity contribution is 6.32. The molecule has 0 saturated carbocycles. The minimum absolute atomic E-state index is 0.193. The van der Waals surface area contributed by atoms with Gasteiger partial charge in [-0.05, 0) is 43.2 Å². The van der Waals surface area contributed by atoms with Crippen molar-refractivity contribution < 1.29 is 9.53 Å². The first-order valence-corrected chi connectivity index (χ1v) is 7.91. The molecule has 1 aromatic heterocycles. The lowest BCUT2D eigenvalue weighted by molar-refractivity contribution is 0.102. The summed E-state index contributed by atoms with van der Waals surface area (Å²) in [6.45, 7) is 1.87. The minimum Gasteiger partial charge on any atom is -0.495 e. The maximum absolute atomic E-state index is 12.6. The van der Waals surface area contributed by atoms with E-state index in [0.29, 0.717) is 22.0 Å². The summed E-state index contributed by atoms with van der Waals surface area (Å²) in [5.41, 5.74) is 1.19. The Labute approximate surface area is 140 Å². The fourth-order valence-electron chi connectivity index (χ4n) is 2.70. The normalized spacial score (nSPS) is 13.9. The van der Waals surface area contributed by atoms with E-state index in [1.807, 2.05) is 0 Å². The van der Waals surface area contributed by atoms with Gasteiger partial charge in [-0.15, -0.1) is 0 Å². The van der Waals surface area contributed by atoms with E-state index in [-0.39, 0.29) is 5.91 Å². The van der Waals surface area contributed by atoms with E-state index in [1.165, 1.54) is 0 Å². The number of benzene rings is 1. The Morgan fingerprint density at radius 2 is 2.09 bits per heavy atom. The topological polar surface area (TPSA) is 54.5 Å². The van der Waals surface area contributed by atoms with Gasteiger partial charge >= 0.3 is 0 Å². The van der Waals surface area contributed by atoms with E-state index in [9.17, 15) is 4.79 Å². The molecule has 6 heteroatoms. The number of aromatic nitrogens is 1. The molecule has 5 nitrogen and oxygen atoms in total. The third-order valence-electron chi connectivity index (χ3n) is 3.85. The van der Waals surface area contributed by atoms with Gasteiger partial charge < -0.3 is 15.0 Å². The Hall–Kier alpha value is -2.27. The second-order valence-electron chi connectivity index (χ2n) is 5.37. The molecule has 1 aromatic carbocycles. The number of hydrogen-bond acceptors (Lipinski definition) is 4. The molecule has 0 atom stereocenters. The molecule has 0 unspecified atom stereocenters. The maximum Gasteiger partial charge on any atom is 0.259 e. The molecule has 0 radical (unpaired) electrons. The van der Waals surface area contributed by atoms with Crippen molar-refractivity contribution in [2.24, 2.45) is 0 Å². The van der Waals surface area contributed by atoms with Crippen LogP contribution in [0.5, 0.6) is 5.75 Å². The van der Waals surface area contributed by atoms with Crippen molar-refractivity contribution in [3.05, 3.63) is 47.1 Å². The number of pyridine rings is 1. The first kappa shape index (κ1) is 15.6. The molecule has 0 spiro atoms. The number of hydrogen-bond donors (Lipinski definition) is 1. The lowest BCUT2D eigenvalue weighted by Gasteiger charge is -2.19. The van der Waals surface area contributed by atoms with Gasteiger partial charge in [-0.1, -0.05) is 11.6 Å². The quantitative estimate of drug-likeness (QED) is 0.930. The van der Waals surface area contributed by atoms with Crippen molar-refractivity contribution in [1.29, 1.82) is 0 Å². The summed E-state index contributed by atoms with van der Waals surface area (Å²) < 4.78 is 5.11. The molecule has 1 aliphatic heterocycles. The number of amides is 1. The number of nitrogens with one attached hydrogen (secondary N) is 1. The van der Waals surface area contributed by atoms with Crippen LogP contribution < -0.4 is 15.0 Å². The van der Waals surface area contributed by atoms with E-state index in [1.54, 1.807) is 43.6 Å². The average molecular weight is 332 g/mol. The van der Waals surface area contributed by atoms with Gasteiger partial charge in [-0.2, -0.15) is 0 Å². The second-order valence-corrected chi connectivity index (χ2v) is 5.78. The number of anilines is 2. The fourth-order valence-corrected chi connectivity index (χ4v) is 2.96. The van der Waals surface area contributed by atoms with Crippen molar-refractivity contribution in [3.8, 4) is 5.75 Å². The first-order chi connectivity index (χ1) is 11.2. The highest BCUT2D eigenvalue weighted by atomic mass is 35.5. The van der Waals surface area contributed by atoms with Crippen LogP contribution in [0.3, 0.4) is 0 Å². The third-order valence-corrected chi connectivity index (χ3v) is 4.14. The number of nitrogens with zero attached hydrogens (tertiary/aromatic N) is 2. The third kappa shape index (κ3) is 3.40. The molecule has 1 saturated heterocycles. The van der Waals surface area contributed by atoms with Crippen molar-refractivity contribution in [2.75, 3.05) is 30.4 Å². The Bertz CT molecular complexity index is 715. The van der Waals surface area contributed by atoms with Gasteiger partial charge in [0, 0.05) is 25.0 Å². The zero-order valence-electron chi connectivity index (χ0n) is 12.9. The average Bonchev–Trinajstić information content (AvgIpc) is 3.09. The van der Waals surface area contributed by atoms with Crippen LogP contribution in [0.4, 0.5) is 11.5 Å². The van der Waals surface area contributed by atoms with E-state index < -0.39 is 0 Å². The molecule has 2 aromatic rings. The highest BCUT2D eigenvalue weighted by Gasteiger charge is 2.20. The number of ether oxygens (including phenoxy) is 1. The van der Waals surface area contributed by atoms with Gasteiger partial charge in [0.1, 0.15) is 11.6 Å². The monoisotopic (exact) mass is 331 g/mol. The maximum atomic E-state index is 12.6. The summed E-state index contributed by atoms with van der Waals surface area (Å²) >= 11 is 6.10. The number of methoxy groups -OCH3 is 1. The minimum atomic E-state index is -0.193. The lowest BCUT2D eigenvalue weighted by atomic mass is 10.2. The van der Waals surface area contributed by atoms with Gasteiger partial charge in [0.2, 0.25) is 0 Å². The van der Waals surface area contributed by atoms with Gasteiger partial charge in [0.15, 0.2) is 0 Å². The van der Waals surface area contributed by atoms with Crippen molar-refractivity contribution in [2.45, 2.75) is 12.8 Å². The Morgan fingerprint density at radius 1 is 1.30 bits per heavy atom. The first-order valence-electron chi connectivity index (χ1n) is 7.54. The van der Waals surface area contributed by atoms with Crippen LogP contribution in [0.1, 0.15) is 23.2 Å². The number of halogens is 1. The Kier molecular flexibility index (Phi) is 4.67. The van der Waals surface area contributed by atoms with E-state index in [4.69, 9.17) is 16.3 Å². The zero-order chi connectivity index (χ0) is 16.2. The largest absolute Gasteiger partial charge is 0.495 e. The van der Waals surface area contributed by atoms with Crippen molar-refractivity contribution in [3.63, 3.8) is 0 Å². The van der Waals surface area contributed by atoms with E-state index >= 15 is 0 Å². The van der Waals surface area contributed by atoms with Crippen LogP contribution in [0.25, 0.3) is 0 Å². The van der Waals surface area contributed by atoms with Crippen LogP contribution in [-0.4, -0.2) is 31.1 Å².